The van der Waals surface area contributed by atoms with Crippen LogP contribution in [0, 0.1) is 0 Å². The van der Waals surface area contributed by atoms with Crippen LogP contribution in [0.5, 0.6) is 5.75 Å². The maximum Gasteiger partial charge on any atom is 0.320 e. The first-order valence-corrected chi connectivity index (χ1v) is 5.92. The molecule has 17 heavy (non-hydrogen) atoms. The average molecular weight is 235 g/mol. The lowest BCUT2D eigenvalue weighted by Gasteiger charge is -2.20. The van der Waals surface area contributed by atoms with Crippen LogP contribution in [-0.2, 0) is 4.79 Å². The number of likely N-dealkylation sites (tertiary alicyclic amines) is 1. The van der Waals surface area contributed by atoms with Gasteiger partial charge in [0, 0.05) is 6.54 Å². The highest BCUT2D eigenvalue weighted by molar-refractivity contribution is 5.73. The van der Waals surface area contributed by atoms with Gasteiger partial charge in [-0.2, -0.15) is 0 Å². The van der Waals surface area contributed by atoms with Crippen LogP contribution < -0.4 is 4.74 Å². The predicted octanol–water partition coefficient (Wildman–Crippen LogP) is 1.61. The minimum atomic E-state index is -0.720. The van der Waals surface area contributed by atoms with Crippen LogP contribution in [0.15, 0.2) is 30.3 Å². The molecule has 4 nitrogen and oxygen atoms in total. The number of ether oxygens (including phenoxy) is 1. The fourth-order valence-corrected chi connectivity index (χ4v) is 2.17. The van der Waals surface area contributed by atoms with Gasteiger partial charge < -0.3 is 9.84 Å². The zero-order valence-electron chi connectivity index (χ0n) is 9.71. The third-order valence-corrected chi connectivity index (χ3v) is 3.04. The van der Waals surface area contributed by atoms with E-state index >= 15 is 0 Å². The third kappa shape index (κ3) is 3.20. The van der Waals surface area contributed by atoms with E-state index in [1.807, 2.05) is 35.2 Å². The van der Waals surface area contributed by atoms with Crippen molar-refractivity contribution in [1.29, 1.82) is 0 Å². The van der Waals surface area contributed by atoms with Gasteiger partial charge >= 0.3 is 5.97 Å². The Balaban J connectivity index is 1.77. The molecule has 0 aliphatic carbocycles. The Labute approximate surface area is 101 Å². The number of rotatable bonds is 5. The van der Waals surface area contributed by atoms with Gasteiger partial charge in [0.1, 0.15) is 18.4 Å². The lowest BCUT2D eigenvalue weighted by atomic mass is 10.2. The molecule has 0 amide bonds. The molecule has 1 aromatic carbocycles. The van der Waals surface area contributed by atoms with Crippen molar-refractivity contribution in [2.75, 3.05) is 19.7 Å². The molecule has 0 spiro atoms. The van der Waals surface area contributed by atoms with Crippen LogP contribution in [0.4, 0.5) is 0 Å². The van der Waals surface area contributed by atoms with Gasteiger partial charge in [-0.15, -0.1) is 0 Å². The molecule has 92 valence electrons. The number of carbonyl (C=O) groups is 1. The molecular weight excluding hydrogens is 218 g/mol. The van der Waals surface area contributed by atoms with Crippen molar-refractivity contribution in [3.05, 3.63) is 30.3 Å². The highest BCUT2D eigenvalue weighted by atomic mass is 16.5. The second-order valence-corrected chi connectivity index (χ2v) is 4.19. The first kappa shape index (κ1) is 11.9. The largest absolute Gasteiger partial charge is 0.492 e. The van der Waals surface area contributed by atoms with Crippen LogP contribution in [0.2, 0.25) is 0 Å². The van der Waals surface area contributed by atoms with Gasteiger partial charge in [-0.25, -0.2) is 0 Å². The number of benzene rings is 1. The molecule has 1 saturated heterocycles. The quantitative estimate of drug-likeness (QED) is 0.842. The normalized spacial score (nSPS) is 20.4. The smallest absolute Gasteiger partial charge is 0.320 e. The molecule has 1 heterocycles. The summed E-state index contributed by atoms with van der Waals surface area (Å²) >= 11 is 0. The SMILES string of the molecule is O=C(O)[C@@H]1CCCN1CCOc1ccccc1. The van der Waals surface area contributed by atoms with Gasteiger partial charge in [-0.3, -0.25) is 9.69 Å². The van der Waals surface area contributed by atoms with E-state index in [0.29, 0.717) is 13.2 Å². The van der Waals surface area contributed by atoms with E-state index in [4.69, 9.17) is 9.84 Å². The number of carboxylic acids is 1. The first-order chi connectivity index (χ1) is 8.27. The monoisotopic (exact) mass is 235 g/mol. The average Bonchev–Trinajstić information content (AvgIpc) is 2.79. The molecule has 0 saturated carbocycles. The standard InChI is InChI=1S/C13H17NO3/c15-13(16)12-7-4-8-14(12)9-10-17-11-5-2-1-3-6-11/h1-3,5-6,12H,4,7-10H2,(H,15,16)/t12-/m0/s1. The Morgan fingerprint density at radius 1 is 1.41 bits per heavy atom. The zero-order chi connectivity index (χ0) is 12.1. The van der Waals surface area contributed by atoms with E-state index in [0.717, 1.165) is 25.1 Å². The summed E-state index contributed by atoms with van der Waals surface area (Å²) in [4.78, 5) is 12.9. The number of aliphatic carboxylic acids is 1. The van der Waals surface area contributed by atoms with Crippen molar-refractivity contribution < 1.29 is 14.6 Å². The molecule has 1 atom stereocenters. The minimum Gasteiger partial charge on any atom is -0.492 e. The van der Waals surface area contributed by atoms with E-state index in [9.17, 15) is 4.79 Å². The molecule has 4 heteroatoms. The number of hydrogen-bond acceptors (Lipinski definition) is 3. The highest BCUT2D eigenvalue weighted by Crippen LogP contribution is 2.17. The second kappa shape index (κ2) is 5.68. The molecule has 0 bridgehead atoms. The molecule has 1 fully saturated rings. The fraction of sp³-hybridized carbons (Fsp3) is 0.462. The molecule has 0 radical (unpaired) electrons. The Kier molecular flexibility index (Phi) is 3.98. The Morgan fingerprint density at radius 3 is 2.88 bits per heavy atom. The van der Waals surface area contributed by atoms with Crippen molar-refractivity contribution in [1.82, 2.24) is 4.90 Å². The van der Waals surface area contributed by atoms with E-state index in [1.165, 1.54) is 0 Å². The minimum absolute atomic E-state index is 0.325. The number of para-hydroxylation sites is 1. The maximum atomic E-state index is 11.0. The van der Waals surface area contributed by atoms with E-state index < -0.39 is 5.97 Å². The summed E-state index contributed by atoms with van der Waals surface area (Å²) in [5, 5.41) is 9.02. The van der Waals surface area contributed by atoms with Crippen molar-refractivity contribution in [3.63, 3.8) is 0 Å². The Hall–Kier alpha value is -1.55. The molecule has 1 aliphatic heterocycles. The van der Waals surface area contributed by atoms with Gasteiger partial charge in [-0.1, -0.05) is 18.2 Å². The molecule has 1 aromatic rings. The Morgan fingerprint density at radius 2 is 2.18 bits per heavy atom. The lowest BCUT2D eigenvalue weighted by Crippen LogP contribution is -2.38. The summed E-state index contributed by atoms with van der Waals surface area (Å²) in [5.74, 6) is 0.112. The third-order valence-electron chi connectivity index (χ3n) is 3.04. The summed E-state index contributed by atoms with van der Waals surface area (Å²) in [6, 6.07) is 9.26. The molecular formula is C13H17NO3. The van der Waals surface area contributed by atoms with Gasteiger partial charge in [0.05, 0.1) is 0 Å². The molecule has 1 N–H and O–H groups in total. The van der Waals surface area contributed by atoms with Crippen molar-refractivity contribution >= 4 is 5.97 Å². The van der Waals surface area contributed by atoms with Crippen LogP contribution >= 0.6 is 0 Å². The summed E-state index contributed by atoms with van der Waals surface area (Å²) in [5.41, 5.74) is 0. The highest BCUT2D eigenvalue weighted by Gasteiger charge is 2.29. The topological polar surface area (TPSA) is 49.8 Å². The first-order valence-electron chi connectivity index (χ1n) is 5.92. The summed E-state index contributed by atoms with van der Waals surface area (Å²) in [6.07, 6.45) is 1.71. The van der Waals surface area contributed by atoms with Gasteiger partial charge in [0.25, 0.3) is 0 Å². The van der Waals surface area contributed by atoms with Crippen molar-refractivity contribution in [2.45, 2.75) is 18.9 Å². The van der Waals surface area contributed by atoms with Crippen molar-refractivity contribution in [3.8, 4) is 5.75 Å². The van der Waals surface area contributed by atoms with Crippen LogP contribution in [-0.4, -0.2) is 41.7 Å². The lowest BCUT2D eigenvalue weighted by molar-refractivity contribution is -0.142. The van der Waals surface area contributed by atoms with Crippen LogP contribution in [0.3, 0.4) is 0 Å². The van der Waals surface area contributed by atoms with Crippen molar-refractivity contribution in [2.24, 2.45) is 0 Å². The second-order valence-electron chi connectivity index (χ2n) is 4.19. The van der Waals surface area contributed by atoms with Crippen LogP contribution in [0.25, 0.3) is 0 Å². The number of carboxylic acid groups (broad SMARTS) is 1. The van der Waals surface area contributed by atoms with Gasteiger partial charge in [0.2, 0.25) is 0 Å². The molecule has 0 aromatic heterocycles. The fourth-order valence-electron chi connectivity index (χ4n) is 2.17. The number of nitrogens with zero attached hydrogens (tertiary/aromatic N) is 1. The van der Waals surface area contributed by atoms with Gasteiger partial charge in [0.15, 0.2) is 0 Å². The summed E-state index contributed by atoms with van der Waals surface area (Å²) in [7, 11) is 0. The maximum absolute atomic E-state index is 11.0. The molecule has 0 unspecified atom stereocenters. The molecule has 2 rings (SSSR count). The summed E-state index contributed by atoms with van der Waals surface area (Å²) < 4.78 is 5.56. The summed E-state index contributed by atoms with van der Waals surface area (Å²) in [6.45, 7) is 2.06. The van der Waals surface area contributed by atoms with E-state index in [-0.39, 0.29) is 6.04 Å². The van der Waals surface area contributed by atoms with Crippen LogP contribution in [0.1, 0.15) is 12.8 Å². The molecule has 1 aliphatic rings. The number of hydrogen-bond donors (Lipinski definition) is 1. The zero-order valence-corrected chi connectivity index (χ0v) is 9.71. The van der Waals surface area contributed by atoms with E-state index in [2.05, 4.69) is 0 Å². The van der Waals surface area contributed by atoms with E-state index in [1.54, 1.807) is 0 Å². The Bertz CT molecular complexity index is 366. The van der Waals surface area contributed by atoms with Gasteiger partial charge in [-0.05, 0) is 31.5 Å². The predicted molar refractivity (Wildman–Crippen MR) is 64.2 cm³/mol.